The van der Waals surface area contributed by atoms with E-state index in [1.165, 1.54) is 0 Å². The molecule has 1 N–H and O–H groups in total. The monoisotopic (exact) mass is 284 g/mol. The van der Waals surface area contributed by atoms with E-state index in [2.05, 4.69) is 5.32 Å². The van der Waals surface area contributed by atoms with Crippen molar-refractivity contribution in [3.05, 3.63) is 23.0 Å². The maximum absolute atomic E-state index is 12.0. The number of carbonyl (C=O) groups excluding carboxylic acids is 2. The third-order valence-electron chi connectivity index (χ3n) is 2.91. The van der Waals surface area contributed by atoms with Crippen molar-refractivity contribution in [2.75, 3.05) is 13.2 Å². The number of halogens is 1. The van der Waals surface area contributed by atoms with Gasteiger partial charge < -0.3 is 14.6 Å². The fraction of sp³-hybridized carbons (Fsp3) is 0.538. The summed E-state index contributed by atoms with van der Waals surface area (Å²) in [5.41, 5.74) is 0.552. The topological polar surface area (TPSA) is 60.3 Å². The fourth-order valence-electron chi connectivity index (χ4n) is 1.88. The summed E-state index contributed by atoms with van der Waals surface area (Å²) in [4.78, 5) is 23.2. The Kier molecular flexibility index (Phi) is 4.47. The highest BCUT2D eigenvalue weighted by Gasteiger charge is 2.27. The summed E-state index contributed by atoms with van der Waals surface area (Å²) in [6.45, 7) is 2.37. The molecule has 1 heterocycles. The minimum Gasteiger partial charge on any atom is -0.466 e. The molecule has 0 unspecified atom stereocenters. The van der Waals surface area contributed by atoms with Crippen LogP contribution >= 0.6 is 11.6 Å². The van der Waals surface area contributed by atoms with Crippen LogP contribution in [-0.4, -0.2) is 29.6 Å². The van der Waals surface area contributed by atoms with Crippen molar-refractivity contribution >= 4 is 23.5 Å². The molecule has 1 aromatic heterocycles. The number of hydrogen-bond acceptors (Lipinski definition) is 3. The number of ether oxygens (including phenoxy) is 1. The Labute approximate surface area is 116 Å². The van der Waals surface area contributed by atoms with Crippen molar-refractivity contribution in [2.24, 2.45) is 0 Å². The van der Waals surface area contributed by atoms with Crippen LogP contribution < -0.4 is 5.32 Å². The molecule has 6 heteroatoms. The van der Waals surface area contributed by atoms with Crippen molar-refractivity contribution < 1.29 is 14.3 Å². The number of nitrogens with one attached hydrogen (secondary N) is 1. The molecule has 0 saturated heterocycles. The molecule has 0 radical (unpaired) electrons. The first-order chi connectivity index (χ1) is 9.11. The lowest BCUT2D eigenvalue weighted by atomic mass is 10.3. The van der Waals surface area contributed by atoms with Gasteiger partial charge >= 0.3 is 5.97 Å². The maximum atomic E-state index is 12.0. The first kappa shape index (κ1) is 13.9. The second-order valence-corrected chi connectivity index (χ2v) is 4.93. The number of carbonyl (C=O) groups is 2. The van der Waals surface area contributed by atoms with Crippen LogP contribution in [0.1, 0.15) is 42.7 Å². The molecule has 1 saturated carbocycles. The van der Waals surface area contributed by atoms with Gasteiger partial charge in [-0.25, -0.2) is 0 Å². The molecule has 0 atom stereocenters. The summed E-state index contributed by atoms with van der Waals surface area (Å²) in [7, 11) is 0. The Balaban J connectivity index is 1.87. The predicted molar refractivity (Wildman–Crippen MR) is 71.3 cm³/mol. The molecule has 1 amide bonds. The Morgan fingerprint density at radius 1 is 1.53 bits per heavy atom. The van der Waals surface area contributed by atoms with Gasteiger partial charge in [-0.3, -0.25) is 9.59 Å². The van der Waals surface area contributed by atoms with E-state index in [1.54, 1.807) is 19.2 Å². The Morgan fingerprint density at radius 3 is 2.89 bits per heavy atom. The van der Waals surface area contributed by atoms with Crippen LogP contribution in [-0.2, 0) is 9.53 Å². The van der Waals surface area contributed by atoms with Gasteiger partial charge in [-0.1, -0.05) is 11.6 Å². The molecule has 1 fully saturated rings. The van der Waals surface area contributed by atoms with Crippen molar-refractivity contribution in [3.63, 3.8) is 0 Å². The summed E-state index contributed by atoms with van der Waals surface area (Å²) in [6.07, 6.45) is 4.11. The normalized spacial score (nSPS) is 14.2. The summed E-state index contributed by atoms with van der Waals surface area (Å²) in [5, 5.41) is 3.26. The van der Waals surface area contributed by atoms with Crippen LogP contribution in [0.25, 0.3) is 0 Å². The van der Waals surface area contributed by atoms with Crippen LogP contribution in [0, 0.1) is 0 Å². The van der Waals surface area contributed by atoms with E-state index in [4.69, 9.17) is 16.3 Å². The Hall–Kier alpha value is -1.49. The van der Waals surface area contributed by atoms with Gasteiger partial charge in [0, 0.05) is 18.8 Å². The number of nitrogens with zero attached hydrogens (tertiary/aromatic N) is 1. The van der Waals surface area contributed by atoms with Crippen LogP contribution in [0.3, 0.4) is 0 Å². The van der Waals surface area contributed by atoms with Gasteiger partial charge in [0.05, 0.1) is 18.1 Å². The highest BCUT2D eigenvalue weighted by atomic mass is 35.5. The summed E-state index contributed by atoms with van der Waals surface area (Å²) in [6, 6.07) is 2.04. The molecule has 1 aliphatic rings. The minimum atomic E-state index is -0.307. The van der Waals surface area contributed by atoms with E-state index in [-0.39, 0.29) is 24.8 Å². The number of esters is 1. The number of hydrogen-bond donors (Lipinski definition) is 1. The quantitative estimate of drug-likeness (QED) is 0.814. The SMILES string of the molecule is CCOC(=O)CCNC(=O)c1cc(Cl)cn1C1CC1. The molecule has 2 rings (SSSR count). The smallest absolute Gasteiger partial charge is 0.307 e. The van der Waals surface area contributed by atoms with Crippen molar-refractivity contribution in [2.45, 2.75) is 32.2 Å². The largest absolute Gasteiger partial charge is 0.466 e. The average Bonchev–Trinajstić information content (AvgIpc) is 3.12. The Morgan fingerprint density at radius 2 is 2.26 bits per heavy atom. The molecule has 0 aromatic carbocycles. The van der Waals surface area contributed by atoms with Crippen molar-refractivity contribution in [1.29, 1.82) is 0 Å². The van der Waals surface area contributed by atoms with E-state index in [9.17, 15) is 9.59 Å². The lowest BCUT2D eigenvalue weighted by Crippen LogP contribution is -2.28. The van der Waals surface area contributed by atoms with E-state index in [0.29, 0.717) is 23.4 Å². The van der Waals surface area contributed by atoms with E-state index in [0.717, 1.165) is 12.8 Å². The molecule has 0 spiro atoms. The molecule has 5 nitrogen and oxygen atoms in total. The van der Waals surface area contributed by atoms with Crippen molar-refractivity contribution in [3.8, 4) is 0 Å². The second-order valence-electron chi connectivity index (χ2n) is 4.49. The highest BCUT2D eigenvalue weighted by Crippen LogP contribution is 2.37. The van der Waals surface area contributed by atoms with Gasteiger partial charge in [0.15, 0.2) is 0 Å². The zero-order chi connectivity index (χ0) is 13.8. The van der Waals surface area contributed by atoms with E-state index in [1.807, 2.05) is 4.57 Å². The number of aromatic nitrogens is 1. The lowest BCUT2D eigenvalue weighted by Gasteiger charge is -2.08. The van der Waals surface area contributed by atoms with Gasteiger partial charge in [-0.15, -0.1) is 0 Å². The minimum absolute atomic E-state index is 0.178. The zero-order valence-electron chi connectivity index (χ0n) is 10.8. The first-order valence-electron chi connectivity index (χ1n) is 6.43. The highest BCUT2D eigenvalue weighted by molar-refractivity contribution is 6.31. The zero-order valence-corrected chi connectivity index (χ0v) is 11.6. The van der Waals surface area contributed by atoms with Gasteiger partial charge in [0.2, 0.25) is 0 Å². The molecule has 104 valence electrons. The van der Waals surface area contributed by atoms with Crippen molar-refractivity contribution in [1.82, 2.24) is 9.88 Å². The second kappa shape index (κ2) is 6.10. The molecular formula is C13H17ClN2O3. The van der Waals surface area contributed by atoms with Crippen LogP contribution in [0.5, 0.6) is 0 Å². The van der Waals surface area contributed by atoms with Crippen LogP contribution in [0.2, 0.25) is 5.02 Å². The first-order valence-corrected chi connectivity index (χ1v) is 6.80. The molecular weight excluding hydrogens is 268 g/mol. The van der Waals surface area contributed by atoms with E-state index < -0.39 is 0 Å². The van der Waals surface area contributed by atoms with Crippen LogP contribution in [0.4, 0.5) is 0 Å². The summed E-state index contributed by atoms with van der Waals surface area (Å²) >= 11 is 5.93. The Bertz CT molecular complexity index is 480. The van der Waals surface area contributed by atoms with Gasteiger partial charge in [0.1, 0.15) is 5.69 Å². The van der Waals surface area contributed by atoms with Gasteiger partial charge in [-0.2, -0.15) is 0 Å². The fourth-order valence-corrected chi connectivity index (χ4v) is 2.09. The summed E-state index contributed by atoms with van der Waals surface area (Å²) < 4.78 is 6.69. The van der Waals surface area contributed by atoms with Gasteiger partial charge in [-0.05, 0) is 25.8 Å². The number of amides is 1. The van der Waals surface area contributed by atoms with E-state index >= 15 is 0 Å². The molecule has 0 aliphatic heterocycles. The molecule has 19 heavy (non-hydrogen) atoms. The molecule has 0 bridgehead atoms. The predicted octanol–water partition coefficient (Wildman–Crippen LogP) is 2.16. The third kappa shape index (κ3) is 3.73. The lowest BCUT2D eigenvalue weighted by molar-refractivity contribution is -0.142. The molecule has 1 aliphatic carbocycles. The average molecular weight is 285 g/mol. The number of rotatable bonds is 6. The standard InChI is InChI=1S/C13H17ClN2O3/c1-2-19-12(17)5-6-15-13(18)11-7-9(14)8-16(11)10-3-4-10/h7-8,10H,2-6H2,1H3,(H,15,18). The van der Waals surface area contributed by atoms with Crippen LogP contribution in [0.15, 0.2) is 12.3 Å². The maximum Gasteiger partial charge on any atom is 0.307 e. The molecule has 1 aromatic rings. The third-order valence-corrected chi connectivity index (χ3v) is 3.11. The van der Waals surface area contributed by atoms with Gasteiger partial charge in [0.25, 0.3) is 5.91 Å². The summed E-state index contributed by atoms with van der Waals surface area (Å²) in [5.74, 6) is -0.512.